The molecule has 0 saturated carbocycles. The number of benzene rings is 2. The van der Waals surface area contributed by atoms with E-state index in [0.717, 1.165) is 28.7 Å². The Morgan fingerprint density at radius 3 is 2.39 bits per heavy atom. The van der Waals surface area contributed by atoms with Crippen molar-refractivity contribution in [3.8, 4) is 0 Å². The summed E-state index contributed by atoms with van der Waals surface area (Å²) in [5.41, 5.74) is 1.96. The van der Waals surface area contributed by atoms with Gasteiger partial charge in [0.15, 0.2) is 5.69 Å². The van der Waals surface area contributed by atoms with Gasteiger partial charge in [-0.1, -0.05) is 57.2 Å². The molecule has 0 aliphatic rings. The SMILES string of the molecule is CCc1oc2ccccc2c1CN(C)C(=O)c1nn(CC(C)C)c(=O)c2ccccc12. The molecule has 2 aromatic heterocycles. The Balaban J connectivity index is 1.76. The molecular formula is C25H27N3O3. The number of amides is 1. The first kappa shape index (κ1) is 20.8. The molecule has 4 aromatic rings. The van der Waals surface area contributed by atoms with Crippen molar-refractivity contribution in [3.63, 3.8) is 0 Å². The first-order valence-electron chi connectivity index (χ1n) is 10.6. The molecule has 0 aliphatic carbocycles. The van der Waals surface area contributed by atoms with E-state index in [0.29, 0.717) is 29.6 Å². The van der Waals surface area contributed by atoms with Gasteiger partial charge in [0, 0.05) is 42.9 Å². The molecule has 0 bridgehead atoms. The highest BCUT2D eigenvalue weighted by atomic mass is 16.3. The first-order chi connectivity index (χ1) is 14.9. The van der Waals surface area contributed by atoms with Gasteiger partial charge < -0.3 is 9.32 Å². The van der Waals surface area contributed by atoms with Gasteiger partial charge in [0.25, 0.3) is 11.5 Å². The van der Waals surface area contributed by atoms with Gasteiger partial charge in [-0.15, -0.1) is 0 Å². The predicted octanol–water partition coefficient (Wildman–Crippen LogP) is 4.63. The Bertz CT molecular complexity index is 1320. The number of aromatic nitrogens is 2. The van der Waals surface area contributed by atoms with Crippen molar-refractivity contribution < 1.29 is 9.21 Å². The molecule has 0 aliphatic heterocycles. The smallest absolute Gasteiger partial charge is 0.274 e. The van der Waals surface area contributed by atoms with Crippen LogP contribution in [0.3, 0.4) is 0 Å². The lowest BCUT2D eigenvalue weighted by atomic mass is 10.1. The van der Waals surface area contributed by atoms with Gasteiger partial charge in [0.2, 0.25) is 0 Å². The van der Waals surface area contributed by atoms with E-state index in [-0.39, 0.29) is 17.4 Å². The van der Waals surface area contributed by atoms with E-state index < -0.39 is 0 Å². The van der Waals surface area contributed by atoms with Crippen LogP contribution >= 0.6 is 0 Å². The molecule has 4 rings (SSSR count). The van der Waals surface area contributed by atoms with E-state index in [1.54, 1.807) is 24.1 Å². The third-order valence-corrected chi connectivity index (χ3v) is 5.45. The van der Waals surface area contributed by atoms with Crippen LogP contribution in [0.5, 0.6) is 0 Å². The van der Waals surface area contributed by atoms with Crippen molar-refractivity contribution in [1.82, 2.24) is 14.7 Å². The molecule has 0 spiro atoms. The summed E-state index contributed by atoms with van der Waals surface area (Å²) in [4.78, 5) is 28.0. The molecule has 0 N–H and O–H groups in total. The van der Waals surface area contributed by atoms with Gasteiger partial charge in [-0.05, 0) is 18.1 Å². The number of furan rings is 1. The van der Waals surface area contributed by atoms with E-state index in [9.17, 15) is 9.59 Å². The molecule has 6 nitrogen and oxygen atoms in total. The van der Waals surface area contributed by atoms with Gasteiger partial charge >= 0.3 is 0 Å². The number of carbonyl (C=O) groups is 1. The highest BCUT2D eigenvalue weighted by Gasteiger charge is 2.22. The molecule has 2 aromatic carbocycles. The van der Waals surface area contributed by atoms with E-state index in [1.807, 2.05) is 57.2 Å². The Morgan fingerprint density at radius 1 is 1.06 bits per heavy atom. The largest absolute Gasteiger partial charge is 0.461 e. The lowest BCUT2D eigenvalue weighted by Gasteiger charge is -2.19. The minimum atomic E-state index is -0.221. The van der Waals surface area contributed by atoms with Crippen molar-refractivity contribution in [2.45, 2.75) is 40.3 Å². The molecule has 1 amide bonds. The fourth-order valence-corrected chi connectivity index (χ4v) is 3.96. The summed E-state index contributed by atoms with van der Waals surface area (Å²) in [6.07, 6.45) is 0.743. The van der Waals surface area contributed by atoms with Crippen LogP contribution < -0.4 is 5.56 Å². The summed E-state index contributed by atoms with van der Waals surface area (Å²) in [6, 6.07) is 15.1. The third kappa shape index (κ3) is 3.85. The summed E-state index contributed by atoms with van der Waals surface area (Å²) in [7, 11) is 1.76. The molecule has 0 atom stereocenters. The quantitative estimate of drug-likeness (QED) is 0.459. The van der Waals surface area contributed by atoms with Crippen molar-refractivity contribution in [1.29, 1.82) is 0 Å². The minimum Gasteiger partial charge on any atom is -0.461 e. The van der Waals surface area contributed by atoms with Gasteiger partial charge in [-0.2, -0.15) is 5.10 Å². The van der Waals surface area contributed by atoms with E-state index in [2.05, 4.69) is 5.10 Å². The Morgan fingerprint density at radius 2 is 1.71 bits per heavy atom. The van der Waals surface area contributed by atoms with Crippen LogP contribution in [0.2, 0.25) is 0 Å². The fraction of sp³-hybridized carbons (Fsp3) is 0.320. The first-order valence-corrected chi connectivity index (χ1v) is 10.6. The average Bonchev–Trinajstić information content (AvgIpc) is 3.12. The Kier molecular flexibility index (Phi) is 5.63. The summed E-state index contributed by atoms with van der Waals surface area (Å²) >= 11 is 0. The third-order valence-electron chi connectivity index (χ3n) is 5.45. The van der Waals surface area contributed by atoms with Gasteiger partial charge in [-0.25, -0.2) is 4.68 Å². The number of hydrogen-bond acceptors (Lipinski definition) is 4. The second-order valence-electron chi connectivity index (χ2n) is 8.29. The fourth-order valence-electron chi connectivity index (χ4n) is 3.96. The van der Waals surface area contributed by atoms with Crippen molar-refractivity contribution >= 4 is 27.6 Å². The molecule has 0 saturated heterocycles. The van der Waals surface area contributed by atoms with E-state index in [1.165, 1.54) is 4.68 Å². The Labute approximate surface area is 181 Å². The predicted molar refractivity (Wildman–Crippen MR) is 122 cm³/mol. The second kappa shape index (κ2) is 8.38. The lowest BCUT2D eigenvalue weighted by Crippen LogP contribution is -2.32. The van der Waals surface area contributed by atoms with Crippen LogP contribution in [0.4, 0.5) is 0 Å². The van der Waals surface area contributed by atoms with Crippen molar-refractivity contribution in [2.24, 2.45) is 5.92 Å². The molecule has 0 unspecified atom stereocenters. The normalized spacial score (nSPS) is 11.5. The highest BCUT2D eigenvalue weighted by Crippen LogP contribution is 2.28. The molecule has 0 radical (unpaired) electrons. The molecule has 160 valence electrons. The zero-order chi connectivity index (χ0) is 22.1. The van der Waals surface area contributed by atoms with Gasteiger partial charge in [0.1, 0.15) is 11.3 Å². The second-order valence-corrected chi connectivity index (χ2v) is 8.29. The zero-order valence-electron chi connectivity index (χ0n) is 18.4. The van der Waals surface area contributed by atoms with E-state index >= 15 is 0 Å². The maximum atomic E-state index is 13.5. The van der Waals surface area contributed by atoms with Crippen molar-refractivity contribution in [2.75, 3.05) is 7.05 Å². The minimum absolute atomic E-state index is 0.169. The van der Waals surface area contributed by atoms with Crippen LogP contribution in [0.15, 0.2) is 57.7 Å². The monoisotopic (exact) mass is 417 g/mol. The maximum Gasteiger partial charge on any atom is 0.274 e. The van der Waals surface area contributed by atoms with Crippen LogP contribution in [-0.4, -0.2) is 27.6 Å². The molecular weight excluding hydrogens is 390 g/mol. The van der Waals surface area contributed by atoms with E-state index in [4.69, 9.17) is 4.42 Å². The van der Waals surface area contributed by atoms with Crippen LogP contribution in [0, 0.1) is 5.92 Å². The Hall–Kier alpha value is -3.41. The van der Waals surface area contributed by atoms with Gasteiger partial charge in [0.05, 0.1) is 5.39 Å². The number of nitrogens with zero attached hydrogens (tertiary/aromatic N) is 3. The maximum absolute atomic E-state index is 13.5. The van der Waals surface area contributed by atoms with Crippen LogP contribution in [-0.2, 0) is 19.5 Å². The average molecular weight is 418 g/mol. The highest BCUT2D eigenvalue weighted by molar-refractivity contribution is 6.04. The van der Waals surface area contributed by atoms with Crippen LogP contribution in [0.25, 0.3) is 21.7 Å². The summed E-state index contributed by atoms with van der Waals surface area (Å²) in [5, 5.41) is 6.59. The lowest BCUT2D eigenvalue weighted by molar-refractivity contribution is 0.0778. The number of para-hydroxylation sites is 1. The number of hydrogen-bond donors (Lipinski definition) is 0. The molecule has 2 heterocycles. The molecule has 0 fully saturated rings. The topological polar surface area (TPSA) is 68.3 Å². The standard InChI is InChI=1S/C25H27N3O3/c1-5-21-20(17-10-8-9-13-22(17)31-21)15-27(4)25(30)23-18-11-6-7-12-19(18)24(29)28(26-23)14-16(2)3/h6-13,16H,5,14-15H2,1-4H3. The summed E-state index contributed by atoms with van der Waals surface area (Å²) in [5.74, 6) is 0.890. The molecule has 6 heteroatoms. The molecule has 31 heavy (non-hydrogen) atoms. The number of aryl methyl sites for hydroxylation is 1. The van der Waals surface area contributed by atoms with Crippen LogP contribution in [0.1, 0.15) is 42.6 Å². The number of carbonyl (C=O) groups excluding carboxylic acids is 1. The van der Waals surface area contributed by atoms with Gasteiger partial charge in [-0.3, -0.25) is 9.59 Å². The number of fused-ring (bicyclic) bond motifs is 2. The zero-order valence-corrected chi connectivity index (χ0v) is 18.4. The number of rotatable bonds is 6. The van der Waals surface area contributed by atoms with Crippen molar-refractivity contribution in [3.05, 3.63) is 75.9 Å². The summed E-state index contributed by atoms with van der Waals surface area (Å²) in [6.45, 7) is 6.94. The summed E-state index contributed by atoms with van der Waals surface area (Å²) < 4.78 is 7.40.